The van der Waals surface area contributed by atoms with Crippen molar-refractivity contribution < 1.29 is 18.3 Å². The SMILES string of the molecule is CSc1ccc(S(=O)(=O)N(C)CC(=O)O)cc1Cl. The average molecular weight is 310 g/mol. The summed E-state index contributed by atoms with van der Waals surface area (Å²) in [7, 11) is -2.61. The van der Waals surface area contributed by atoms with Gasteiger partial charge in [0.15, 0.2) is 0 Å². The standard InChI is InChI=1S/C10H12ClNO4S2/c1-12(6-10(13)14)18(15,16)7-3-4-9(17-2)8(11)5-7/h3-5H,6H2,1-2H3,(H,13,14). The van der Waals surface area contributed by atoms with Crippen LogP contribution in [-0.2, 0) is 14.8 Å². The number of carboxylic acids is 1. The fourth-order valence-electron chi connectivity index (χ4n) is 1.26. The molecule has 0 heterocycles. The molecule has 8 heteroatoms. The molecule has 0 unspecified atom stereocenters. The second kappa shape index (κ2) is 5.92. The van der Waals surface area contributed by atoms with Crippen LogP contribution in [0.1, 0.15) is 0 Å². The van der Waals surface area contributed by atoms with Crippen LogP contribution >= 0.6 is 23.4 Å². The van der Waals surface area contributed by atoms with Crippen molar-refractivity contribution in [3.63, 3.8) is 0 Å². The molecular weight excluding hydrogens is 298 g/mol. The van der Waals surface area contributed by atoms with E-state index in [4.69, 9.17) is 16.7 Å². The molecule has 1 aromatic carbocycles. The van der Waals surface area contributed by atoms with E-state index in [2.05, 4.69) is 0 Å². The van der Waals surface area contributed by atoms with Crippen LogP contribution in [0, 0.1) is 0 Å². The predicted molar refractivity (Wildman–Crippen MR) is 70.7 cm³/mol. The van der Waals surface area contributed by atoms with Gasteiger partial charge in [-0.3, -0.25) is 4.79 Å². The Bertz CT molecular complexity index is 559. The predicted octanol–water partition coefficient (Wildman–Crippen LogP) is 1.77. The highest BCUT2D eigenvalue weighted by molar-refractivity contribution is 7.98. The number of benzene rings is 1. The minimum absolute atomic E-state index is 0.0194. The van der Waals surface area contributed by atoms with Crippen molar-refractivity contribution in [1.82, 2.24) is 4.31 Å². The van der Waals surface area contributed by atoms with Crippen LogP contribution in [0.25, 0.3) is 0 Å². The summed E-state index contributed by atoms with van der Waals surface area (Å²) in [5.74, 6) is -1.21. The molecule has 0 aromatic heterocycles. The van der Waals surface area contributed by atoms with Crippen molar-refractivity contribution in [2.75, 3.05) is 19.8 Å². The van der Waals surface area contributed by atoms with E-state index < -0.39 is 22.5 Å². The first-order valence-electron chi connectivity index (χ1n) is 4.80. The Balaban J connectivity index is 3.13. The number of carboxylic acid groups (broad SMARTS) is 1. The first-order valence-corrected chi connectivity index (χ1v) is 7.85. The molecule has 1 N–H and O–H groups in total. The van der Waals surface area contributed by atoms with E-state index >= 15 is 0 Å². The fourth-order valence-corrected chi connectivity index (χ4v) is 3.34. The van der Waals surface area contributed by atoms with Crippen LogP contribution in [0.4, 0.5) is 0 Å². The van der Waals surface area contributed by atoms with E-state index in [1.165, 1.54) is 30.9 Å². The summed E-state index contributed by atoms with van der Waals surface area (Å²) in [4.78, 5) is 11.3. The van der Waals surface area contributed by atoms with Gasteiger partial charge in [0.2, 0.25) is 10.0 Å². The third-order valence-electron chi connectivity index (χ3n) is 2.19. The molecule has 18 heavy (non-hydrogen) atoms. The van der Waals surface area contributed by atoms with Gasteiger partial charge in [-0.2, -0.15) is 4.31 Å². The quantitative estimate of drug-likeness (QED) is 0.839. The molecule has 0 atom stereocenters. The molecule has 0 amide bonds. The summed E-state index contributed by atoms with van der Waals surface area (Å²) in [6.45, 7) is -0.593. The van der Waals surface area contributed by atoms with E-state index in [9.17, 15) is 13.2 Å². The number of carbonyl (C=O) groups is 1. The topological polar surface area (TPSA) is 74.7 Å². The normalized spacial score (nSPS) is 11.8. The number of hydrogen-bond donors (Lipinski definition) is 1. The Labute approximate surface area is 115 Å². The minimum atomic E-state index is -3.82. The van der Waals surface area contributed by atoms with Gasteiger partial charge in [0.05, 0.1) is 9.92 Å². The summed E-state index contributed by atoms with van der Waals surface area (Å²) in [5, 5.41) is 8.92. The smallest absolute Gasteiger partial charge is 0.318 e. The second-order valence-corrected chi connectivity index (χ2v) is 6.75. The van der Waals surface area contributed by atoms with Crippen LogP contribution in [0.2, 0.25) is 5.02 Å². The van der Waals surface area contributed by atoms with E-state index in [-0.39, 0.29) is 4.90 Å². The van der Waals surface area contributed by atoms with Crippen molar-refractivity contribution >= 4 is 39.4 Å². The first kappa shape index (κ1) is 15.3. The lowest BCUT2D eigenvalue weighted by molar-refractivity contribution is -0.137. The second-order valence-electron chi connectivity index (χ2n) is 3.45. The molecule has 0 spiro atoms. The van der Waals surface area contributed by atoms with Gasteiger partial charge in [-0.1, -0.05) is 11.6 Å². The van der Waals surface area contributed by atoms with Crippen LogP contribution in [0.5, 0.6) is 0 Å². The summed E-state index contributed by atoms with van der Waals surface area (Å²) >= 11 is 7.33. The van der Waals surface area contributed by atoms with Crippen molar-refractivity contribution in [1.29, 1.82) is 0 Å². The van der Waals surface area contributed by atoms with Crippen LogP contribution in [0.3, 0.4) is 0 Å². The molecule has 0 radical (unpaired) electrons. The van der Waals surface area contributed by atoms with Crippen LogP contribution < -0.4 is 0 Å². The third kappa shape index (κ3) is 3.38. The molecule has 0 aliphatic carbocycles. The number of thioether (sulfide) groups is 1. The van der Waals surface area contributed by atoms with E-state index in [1.807, 2.05) is 6.26 Å². The van der Waals surface area contributed by atoms with Crippen molar-refractivity contribution in [3.05, 3.63) is 23.2 Å². The van der Waals surface area contributed by atoms with Crippen LogP contribution in [0.15, 0.2) is 28.0 Å². The Hall–Kier alpha value is -0.760. The largest absolute Gasteiger partial charge is 0.480 e. The maximum atomic E-state index is 12.0. The van der Waals surface area contributed by atoms with E-state index in [0.717, 1.165) is 9.20 Å². The maximum absolute atomic E-state index is 12.0. The molecule has 0 aliphatic rings. The number of nitrogens with zero attached hydrogens (tertiary/aromatic N) is 1. The summed E-state index contributed by atoms with van der Waals surface area (Å²) in [5.41, 5.74) is 0. The highest BCUT2D eigenvalue weighted by Crippen LogP contribution is 2.28. The van der Waals surface area contributed by atoms with Gasteiger partial charge in [-0.25, -0.2) is 8.42 Å². The number of halogens is 1. The zero-order valence-corrected chi connectivity index (χ0v) is 12.1. The van der Waals surface area contributed by atoms with Gasteiger partial charge in [0, 0.05) is 11.9 Å². The molecule has 0 fully saturated rings. The average Bonchev–Trinajstić information content (AvgIpc) is 2.27. The highest BCUT2D eigenvalue weighted by atomic mass is 35.5. The Morgan fingerprint density at radius 1 is 1.50 bits per heavy atom. The summed E-state index contributed by atoms with van der Waals surface area (Å²) in [6, 6.07) is 4.32. The maximum Gasteiger partial charge on any atom is 0.318 e. The Morgan fingerprint density at radius 3 is 2.56 bits per heavy atom. The van der Waals surface area contributed by atoms with Crippen molar-refractivity contribution in [2.45, 2.75) is 9.79 Å². The Kier molecular flexibility index (Phi) is 5.03. The van der Waals surface area contributed by atoms with Crippen LogP contribution in [-0.4, -0.2) is 43.6 Å². The summed E-state index contributed by atoms with van der Waals surface area (Å²) < 4.78 is 24.8. The molecule has 0 aliphatic heterocycles. The lowest BCUT2D eigenvalue weighted by atomic mass is 10.4. The highest BCUT2D eigenvalue weighted by Gasteiger charge is 2.23. The van der Waals surface area contributed by atoms with Crippen molar-refractivity contribution in [2.24, 2.45) is 0 Å². The van der Waals surface area contributed by atoms with Gasteiger partial charge in [-0.15, -0.1) is 11.8 Å². The number of aliphatic carboxylic acids is 1. The van der Waals surface area contributed by atoms with Gasteiger partial charge < -0.3 is 5.11 Å². The van der Waals surface area contributed by atoms with Gasteiger partial charge in [-0.05, 0) is 24.5 Å². The zero-order chi connectivity index (χ0) is 13.9. The summed E-state index contributed by atoms with van der Waals surface area (Å²) in [6.07, 6.45) is 1.83. The number of hydrogen-bond acceptors (Lipinski definition) is 4. The number of sulfonamides is 1. The van der Waals surface area contributed by atoms with Gasteiger partial charge >= 0.3 is 5.97 Å². The van der Waals surface area contributed by atoms with Gasteiger partial charge in [0.1, 0.15) is 6.54 Å². The molecule has 0 saturated carbocycles. The Morgan fingerprint density at radius 2 is 2.11 bits per heavy atom. The number of rotatable bonds is 5. The van der Waals surface area contributed by atoms with Crippen molar-refractivity contribution in [3.8, 4) is 0 Å². The molecule has 0 bridgehead atoms. The third-order valence-corrected chi connectivity index (χ3v) is 5.21. The number of likely N-dealkylation sites (N-methyl/N-ethyl adjacent to an activating group) is 1. The van der Waals surface area contributed by atoms with Gasteiger partial charge in [0.25, 0.3) is 0 Å². The van der Waals surface area contributed by atoms with E-state index in [1.54, 1.807) is 6.07 Å². The fraction of sp³-hybridized carbons (Fsp3) is 0.300. The molecule has 100 valence electrons. The minimum Gasteiger partial charge on any atom is -0.480 e. The zero-order valence-electron chi connectivity index (χ0n) is 9.75. The van der Waals surface area contributed by atoms with E-state index in [0.29, 0.717) is 5.02 Å². The monoisotopic (exact) mass is 309 g/mol. The molecule has 1 rings (SSSR count). The molecular formula is C10H12ClNO4S2. The molecule has 5 nitrogen and oxygen atoms in total. The molecule has 0 saturated heterocycles. The first-order chi connectivity index (χ1) is 8.28. The molecule has 1 aromatic rings. The lowest BCUT2D eigenvalue weighted by Gasteiger charge is -2.15. The lowest BCUT2D eigenvalue weighted by Crippen LogP contribution is -2.32.